The van der Waals surface area contributed by atoms with Crippen molar-refractivity contribution in [3.05, 3.63) is 35.6 Å². The summed E-state index contributed by atoms with van der Waals surface area (Å²) < 4.78 is 17.9. The summed E-state index contributed by atoms with van der Waals surface area (Å²) >= 11 is 0. The summed E-state index contributed by atoms with van der Waals surface area (Å²) in [6, 6.07) is 7.08. The van der Waals surface area contributed by atoms with Crippen molar-refractivity contribution in [2.24, 2.45) is 0 Å². The first-order chi connectivity index (χ1) is 10.1. The largest absolute Gasteiger partial charge is 0.466 e. The molecule has 1 saturated heterocycles. The zero-order chi connectivity index (χ0) is 15.2. The summed E-state index contributed by atoms with van der Waals surface area (Å²) in [7, 11) is 0. The fourth-order valence-corrected chi connectivity index (χ4v) is 2.60. The van der Waals surface area contributed by atoms with Crippen molar-refractivity contribution in [1.29, 1.82) is 0 Å². The van der Waals surface area contributed by atoms with E-state index in [1.54, 1.807) is 0 Å². The Bertz CT molecular complexity index is 464. The number of esters is 1. The molecule has 2 atom stereocenters. The Labute approximate surface area is 125 Å². The molecule has 116 valence electrons. The van der Waals surface area contributed by atoms with Crippen LogP contribution in [-0.4, -0.2) is 42.6 Å². The van der Waals surface area contributed by atoms with Crippen LogP contribution in [0.1, 0.15) is 25.8 Å². The van der Waals surface area contributed by atoms with Crippen LogP contribution in [0.4, 0.5) is 4.39 Å². The van der Waals surface area contributed by atoms with Gasteiger partial charge in [0.05, 0.1) is 13.0 Å². The number of ether oxygens (including phenoxy) is 1. The van der Waals surface area contributed by atoms with Crippen LogP contribution in [0.25, 0.3) is 0 Å². The van der Waals surface area contributed by atoms with E-state index < -0.39 is 0 Å². The lowest BCUT2D eigenvalue weighted by molar-refractivity contribution is -0.144. The van der Waals surface area contributed by atoms with Crippen LogP contribution in [-0.2, 0) is 16.1 Å². The van der Waals surface area contributed by atoms with Gasteiger partial charge in [-0.1, -0.05) is 12.1 Å². The summed E-state index contributed by atoms with van der Waals surface area (Å²) in [5.74, 6) is -0.376. The molecule has 21 heavy (non-hydrogen) atoms. The van der Waals surface area contributed by atoms with Gasteiger partial charge in [-0.3, -0.25) is 9.69 Å². The number of hydrogen-bond donors (Lipinski definition) is 1. The minimum absolute atomic E-state index is 0.112. The number of rotatable bonds is 5. The summed E-state index contributed by atoms with van der Waals surface area (Å²) in [6.45, 7) is 6.78. The molecule has 5 heteroatoms. The molecule has 0 spiro atoms. The van der Waals surface area contributed by atoms with Gasteiger partial charge in [0, 0.05) is 31.7 Å². The minimum Gasteiger partial charge on any atom is -0.466 e. The number of nitrogens with one attached hydrogen (secondary N) is 1. The Morgan fingerprint density at radius 2 is 2.14 bits per heavy atom. The first-order valence-corrected chi connectivity index (χ1v) is 7.46. The van der Waals surface area contributed by atoms with E-state index in [2.05, 4.69) is 17.1 Å². The number of carbonyl (C=O) groups is 1. The minimum atomic E-state index is -0.215. The molecule has 0 aromatic heterocycles. The van der Waals surface area contributed by atoms with Crippen LogP contribution < -0.4 is 5.32 Å². The molecule has 2 rings (SSSR count). The molecular weight excluding hydrogens is 271 g/mol. The van der Waals surface area contributed by atoms with Crippen molar-refractivity contribution in [1.82, 2.24) is 10.2 Å². The highest BCUT2D eigenvalue weighted by atomic mass is 19.1. The van der Waals surface area contributed by atoms with Crippen molar-refractivity contribution in [3.63, 3.8) is 0 Å². The van der Waals surface area contributed by atoms with Crippen molar-refractivity contribution < 1.29 is 13.9 Å². The van der Waals surface area contributed by atoms with Gasteiger partial charge in [-0.15, -0.1) is 0 Å². The zero-order valence-corrected chi connectivity index (χ0v) is 12.6. The monoisotopic (exact) mass is 294 g/mol. The van der Waals surface area contributed by atoms with E-state index in [0.29, 0.717) is 19.1 Å². The number of hydrogen-bond acceptors (Lipinski definition) is 4. The Morgan fingerprint density at radius 1 is 1.43 bits per heavy atom. The fourth-order valence-electron chi connectivity index (χ4n) is 2.60. The van der Waals surface area contributed by atoms with E-state index in [4.69, 9.17) is 4.74 Å². The van der Waals surface area contributed by atoms with E-state index in [1.807, 2.05) is 19.1 Å². The van der Waals surface area contributed by atoms with Crippen LogP contribution in [0.2, 0.25) is 0 Å². The van der Waals surface area contributed by atoms with Gasteiger partial charge >= 0.3 is 5.97 Å². The first-order valence-electron chi connectivity index (χ1n) is 7.46. The van der Waals surface area contributed by atoms with Crippen LogP contribution in [0.3, 0.4) is 0 Å². The van der Waals surface area contributed by atoms with Crippen LogP contribution in [0.15, 0.2) is 24.3 Å². The highest BCUT2D eigenvalue weighted by molar-refractivity contribution is 5.70. The number of nitrogens with zero attached hydrogens (tertiary/aromatic N) is 1. The molecule has 0 amide bonds. The summed E-state index contributed by atoms with van der Waals surface area (Å²) in [5, 5.41) is 3.38. The second kappa shape index (κ2) is 7.52. The molecule has 0 radical (unpaired) electrons. The van der Waals surface area contributed by atoms with Gasteiger partial charge in [-0.05, 0) is 31.5 Å². The Kier molecular flexibility index (Phi) is 5.70. The average Bonchev–Trinajstić information content (AvgIpc) is 2.45. The number of carbonyl (C=O) groups excluding carboxylic acids is 1. The highest BCUT2D eigenvalue weighted by Gasteiger charge is 2.26. The van der Waals surface area contributed by atoms with E-state index >= 15 is 0 Å². The average molecular weight is 294 g/mol. The molecule has 0 aliphatic carbocycles. The van der Waals surface area contributed by atoms with Crippen molar-refractivity contribution in [3.8, 4) is 0 Å². The van der Waals surface area contributed by atoms with Gasteiger partial charge in [-0.2, -0.15) is 0 Å². The van der Waals surface area contributed by atoms with Crippen LogP contribution >= 0.6 is 0 Å². The third kappa shape index (κ3) is 4.79. The van der Waals surface area contributed by atoms with E-state index in [9.17, 15) is 9.18 Å². The molecule has 0 bridgehead atoms. The van der Waals surface area contributed by atoms with E-state index in [-0.39, 0.29) is 17.8 Å². The molecule has 1 aromatic rings. The van der Waals surface area contributed by atoms with Crippen molar-refractivity contribution >= 4 is 5.97 Å². The Morgan fingerprint density at radius 3 is 2.81 bits per heavy atom. The Balaban J connectivity index is 1.91. The lowest BCUT2D eigenvalue weighted by atomic mass is 10.1. The van der Waals surface area contributed by atoms with Gasteiger partial charge in [-0.25, -0.2) is 4.39 Å². The molecule has 1 fully saturated rings. The third-order valence-corrected chi connectivity index (χ3v) is 3.80. The van der Waals surface area contributed by atoms with Crippen molar-refractivity contribution in [2.75, 3.05) is 19.7 Å². The predicted molar refractivity (Wildman–Crippen MR) is 79.3 cm³/mol. The molecule has 1 heterocycles. The molecule has 1 aromatic carbocycles. The quantitative estimate of drug-likeness (QED) is 0.843. The number of benzene rings is 1. The standard InChI is InChI=1S/C16H23FN2O2/c1-3-21-16(20)8-15-11-19(12(2)9-18-15)10-13-4-6-14(17)7-5-13/h4-7,12,15,18H,3,8-11H2,1-2H3/t12-,15+/m1/s1. The molecule has 0 saturated carbocycles. The highest BCUT2D eigenvalue weighted by Crippen LogP contribution is 2.14. The molecule has 4 nitrogen and oxygen atoms in total. The second-order valence-electron chi connectivity index (χ2n) is 5.52. The lowest BCUT2D eigenvalue weighted by Crippen LogP contribution is -2.55. The summed E-state index contributed by atoms with van der Waals surface area (Å²) in [6.07, 6.45) is 0.389. The number of piperazine rings is 1. The third-order valence-electron chi connectivity index (χ3n) is 3.80. The maximum atomic E-state index is 12.9. The maximum Gasteiger partial charge on any atom is 0.307 e. The van der Waals surface area contributed by atoms with E-state index in [1.165, 1.54) is 12.1 Å². The molecule has 1 aliphatic rings. The van der Waals surface area contributed by atoms with Gasteiger partial charge in [0.1, 0.15) is 5.82 Å². The molecular formula is C16H23FN2O2. The summed E-state index contributed by atoms with van der Waals surface area (Å²) in [5.41, 5.74) is 1.08. The predicted octanol–water partition coefficient (Wildman–Crippen LogP) is 1.94. The van der Waals surface area contributed by atoms with Crippen molar-refractivity contribution in [2.45, 2.75) is 38.9 Å². The lowest BCUT2D eigenvalue weighted by Gasteiger charge is -2.38. The topological polar surface area (TPSA) is 41.6 Å². The molecule has 1 N–H and O–H groups in total. The zero-order valence-electron chi connectivity index (χ0n) is 12.6. The first kappa shape index (κ1) is 15.9. The SMILES string of the molecule is CCOC(=O)C[C@H]1CN(Cc2ccc(F)cc2)[C@H](C)CN1. The Hall–Kier alpha value is -1.46. The van der Waals surface area contributed by atoms with E-state index in [0.717, 1.165) is 25.2 Å². The van der Waals surface area contributed by atoms with Crippen LogP contribution in [0.5, 0.6) is 0 Å². The van der Waals surface area contributed by atoms with Gasteiger partial charge in [0.15, 0.2) is 0 Å². The van der Waals surface area contributed by atoms with Gasteiger partial charge in [0.2, 0.25) is 0 Å². The smallest absolute Gasteiger partial charge is 0.307 e. The second-order valence-corrected chi connectivity index (χ2v) is 5.52. The van der Waals surface area contributed by atoms with Crippen LogP contribution in [0, 0.1) is 5.82 Å². The molecule has 0 unspecified atom stereocenters. The van der Waals surface area contributed by atoms with Gasteiger partial charge in [0.25, 0.3) is 0 Å². The fraction of sp³-hybridized carbons (Fsp3) is 0.562. The summed E-state index contributed by atoms with van der Waals surface area (Å²) in [4.78, 5) is 13.9. The molecule has 1 aliphatic heterocycles. The van der Waals surface area contributed by atoms with Gasteiger partial charge < -0.3 is 10.1 Å². The maximum absolute atomic E-state index is 12.9. The number of halogens is 1. The normalized spacial score (nSPS) is 23.0.